The largest absolute Gasteiger partial charge is 0.255 e. The van der Waals surface area contributed by atoms with Gasteiger partial charge in [-0.15, -0.1) is 0 Å². The lowest BCUT2D eigenvalue weighted by atomic mass is 9.85. The van der Waals surface area contributed by atoms with Gasteiger partial charge in [0.25, 0.3) is 0 Å². The molecule has 0 bridgehead atoms. The molecule has 0 amide bonds. The van der Waals surface area contributed by atoms with E-state index in [9.17, 15) is 0 Å². The number of hydrogen-bond acceptors (Lipinski definition) is 2. The molecule has 0 fully saturated rings. The molecular formula is C62H40N2. The van der Waals surface area contributed by atoms with Crippen LogP contribution in [0.1, 0.15) is 0 Å². The van der Waals surface area contributed by atoms with E-state index < -0.39 is 0 Å². The summed E-state index contributed by atoms with van der Waals surface area (Å²) in [5.74, 6) is 0. The fourth-order valence-corrected chi connectivity index (χ4v) is 9.94. The van der Waals surface area contributed by atoms with Gasteiger partial charge in [-0.25, -0.2) is 4.98 Å². The fraction of sp³-hybridized carbons (Fsp3) is 0. The molecule has 0 radical (unpaired) electrons. The van der Waals surface area contributed by atoms with Gasteiger partial charge in [0.1, 0.15) is 0 Å². The summed E-state index contributed by atoms with van der Waals surface area (Å²) in [5, 5.41) is 9.84. The molecule has 0 unspecified atom stereocenters. The number of benzene rings is 10. The summed E-state index contributed by atoms with van der Waals surface area (Å²) in [4.78, 5) is 10.2. The maximum absolute atomic E-state index is 5.49. The molecule has 0 spiro atoms. The summed E-state index contributed by atoms with van der Waals surface area (Å²) in [6, 6.07) is 85.3. The van der Waals surface area contributed by atoms with Crippen molar-refractivity contribution in [3.05, 3.63) is 243 Å². The van der Waals surface area contributed by atoms with Crippen LogP contribution in [-0.4, -0.2) is 9.97 Å². The zero-order valence-corrected chi connectivity index (χ0v) is 35.0. The first kappa shape index (κ1) is 37.3. The van der Waals surface area contributed by atoms with Gasteiger partial charge in [-0.2, -0.15) is 0 Å². The van der Waals surface area contributed by atoms with Crippen LogP contribution in [-0.2, 0) is 0 Å². The van der Waals surface area contributed by atoms with Crippen molar-refractivity contribution in [1.29, 1.82) is 0 Å². The molecule has 0 aliphatic rings. The van der Waals surface area contributed by atoms with E-state index in [-0.39, 0.29) is 0 Å². The number of rotatable bonds is 7. The second-order valence-electron chi connectivity index (χ2n) is 16.4. The molecule has 0 saturated heterocycles. The molecule has 2 heteroatoms. The lowest BCUT2D eigenvalue weighted by Crippen LogP contribution is -1.95. The van der Waals surface area contributed by atoms with Crippen LogP contribution in [0.5, 0.6) is 0 Å². The van der Waals surface area contributed by atoms with E-state index in [1.165, 1.54) is 76.5 Å². The number of pyridine rings is 2. The van der Waals surface area contributed by atoms with Gasteiger partial charge in [0.2, 0.25) is 0 Å². The molecule has 0 N–H and O–H groups in total. The number of nitrogens with zero attached hydrogens (tertiary/aromatic N) is 2. The molecule has 0 aliphatic heterocycles. The van der Waals surface area contributed by atoms with Crippen LogP contribution >= 0.6 is 0 Å². The van der Waals surface area contributed by atoms with Gasteiger partial charge in [-0.05, 0) is 130 Å². The van der Waals surface area contributed by atoms with Crippen LogP contribution < -0.4 is 0 Å². The first-order chi connectivity index (χ1) is 31.8. The van der Waals surface area contributed by atoms with Gasteiger partial charge < -0.3 is 0 Å². The topological polar surface area (TPSA) is 25.8 Å². The average molecular weight is 813 g/mol. The highest BCUT2D eigenvalue weighted by molar-refractivity contribution is 6.23. The van der Waals surface area contributed by atoms with Crippen LogP contribution in [0.25, 0.3) is 121 Å². The second-order valence-corrected chi connectivity index (χ2v) is 16.4. The van der Waals surface area contributed by atoms with Crippen LogP contribution in [0.2, 0.25) is 0 Å². The summed E-state index contributed by atoms with van der Waals surface area (Å²) in [5.41, 5.74) is 15.5. The zero-order valence-electron chi connectivity index (χ0n) is 35.0. The molecule has 0 atom stereocenters. The molecule has 64 heavy (non-hydrogen) atoms. The Morgan fingerprint density at radius 3 is 1.03 bits per heavy atom. The minimum absolute atomic E-state index is 0.831. The summed E-state index contributed by atoms with van der Waals surface area (Å²) in [6.07, 6.45) is 1.84. The molecule has 2 nitrogen and oxygen atoms in total. The molecule has 0 saturated carbocycles. The Hall–Kier alpha value is -8.46. The minimum Gasteiger partial charge on any atom is -0.255 e. The molecule has 0 aliphatic carbocycles. The van der Waals surface area contributed by atoms with Gasteiger partial charge in [-0.3, -0.25) is 4.98 Å². The molecule has 10 aromatic carbocycles. The quantitative estimate of drug-likeness (QED) is 0.150. The highest BCUT2D eigenvalue weighted by Gasteiger charge is 2.20. The zero-order chi connectivity index (χ0) is 42.4. The number of fused-ring (bicyclic) bond motifs is 4. The Kier molecular flexibility index (Phi) is 9.20. The van der Waals surface area contributed by atoms with Crippen molar-refractivity contribution in [3.63, 3.8) is 0 Å². The highest BCUT2D eigenvalue weighted by Crippen LogP contribution is 2.47. The van der Waals surface area contributed by atoms with Crippen molar-refractivity contribution >= 4 is 43.1 Å². The summed E-state index contributed by atoms with van der Waals surface area (Å²) >= 11 is 0. The van der Waals surface area contributed by atoms with E-state index in [1.54, 1.807) is 0 Å². The van der Waals surface area contributed by atoms with E-state index in [1.807, 2.05) is 24.4 Å². The summed E-state index contributed by atoms with van der Waals surface area (Å²) in [7, 11) is 0. The van der Waals surface area contributed by atoms with Crippen molar-refractivity contribution in [1.82, 2.24) is 9.97 Å². The third-order valence-corrected chi connectivity index (χ3v) is 12.7. The molecule has 12 rings (SSSR count). The maximum atomic E-state index is 5.49. The van der Waals surface area contributed by atoms with E-state index in [2.05, 4.69) is 218 Å². The van der Waals surface area contributed by atoms with Gasteiger partial charge in [0.15, 0.2) is 0 Å². The molecular weight excluding hydrogens is 773 g/mol. The van der Waals surface area contributed by atoms with Crippen LogP contribution in [0.4, 0.5) is 0 Å². The average Bonchev–Trinajstić information content (AvgIpc) is 3.37. The predicted molar refractivity (Wildman–Crippen MR) is 270 cm³/mol. The first-order valence-corrected chi connectivity index (χ1v) is 21.9. The van der Waals surface area contributed by atoms with Gasteiger partial charge in [-0.1, -0.05) is 200 Å². The van der Waals surface area contributed by atoms with E-state index in [0.29, 0.717) is 0 Å². The molecule has 2 aromatic heterocycles. The van der Waals surface area contributed by atoms with Crippen LogP contribution in [0.3, 0.4) is 0 Å². The lowest BCUT2D eigenvalue weighted by Gasteiger charge is -2.19. The third kappa shape index (κ3) is 6.35. The van der Waals surface area contributed by atoms with Crippen LogP contribution in [0.15, 0.2) is 243 Å². The SMILES string of the molecule is c1ccc(-c2c3ccccc3c(-c3cccc(-c4ccc(-c5ccccn5)nc4-c4cccc(-c5c6ccccc6c(-c6ccccc6)c6ccccc56)c4)c3)c3ccccc23)cc1. The second kappa shape index (κ2) is 15.8. The van der Waals surface area contributed by atoms with E-state index >= 15 is 0 Å². The standard InChI is InChI=1S/C62H40N2/c1-3-19-41(20-4-1)58-48-27-7-11-31-52(48)60(53-32-12-8-28-49(53)58)44-24-17-23-43(39-44)47-36-37-57(56-35-15-16-38-63-56)64-62(47)46-26-18-25-45(40-46)61-54-33-13-9-29-50(54)59(42-21-5-2-6-22-42)51-30-10-14-34-55(51)61/h1-40H. The molecule has 298 valence electrons. The summed E-state index contributed by atoms with van der Waals surface area (Å²) in [6.45, 7) is 0. The van der Waals surface area contributed by atoms with Crippen molar-refractivity contribution in [2.75, 3.05) is 0 Å². The Bertz CT molecular complexity index is 3590. The minimum atomic E-state index is 0.831. The Balaban J connectivity index is 1.07. The normalized spacial score (nSPS) is 11.4. The summed E-state index contributed by atoms with van der Waals surface area (Å²) < 4.78 is 0. The van der Waals surface area contributed by atoms with Gasteiger partial charge >= 0.3 is 0 Å². The van der Waals surface area contributed by atoms with Crippen molar-refractivity contribution < 1.29 is 0 Å². The number of aromatic nitrogens is 2. The van der Waals surface area contributed by atoms with Gasteiger partial charge in [0, 0.05) is 17.3 Å². The molecule has 12 aromatic rings. The Labute approximate surface area is 372 Å². The Morgan fingerprint density at radius 2 is 0.594 bits per heavy atom. The molecule has 2 heterocycles. The van der Waals surface area contributed by atoms with E-state index in [4.69, 9.17) is 9.97 Å². The predicted octanol–water partition coefficient (Wildman–Crippen LogP) is 16.8. The number of hydrogen-bond donors (Lipinski definition) is 0. The van der Waals surface area contributed by atoms with Crippen molar-refractivity contribution in [2.24, 2.45) is 0 Å². The maximum Gasteiger partial charge on any atom is 0.0894 e. The van der Waals surface area contributed by atoms with Gasteiger partial charge in [0.05, 0.1) is 17.1 Å². The Morgan fingerprint density at radius 1 is 0.234 bits per heavy atom. The lowest BCUT2D eigenvalue weighted by molar-refractivity contribution is 1.25. The fourth-order valence-electron chi connectivity index (χ4n) is 9.94. The monoisotopic (exact) mass is 812 g/mol. The van der Waals surface area contributed by atoms with Crippen molar-refractivity contribution in [3.8, 4) is 78.3 Å². The van der Waals surface area contributed by atoms with Crippen molar-refractivity contribution in [2.45, 2.75) is 0 Å². The van der Waals surface area contributed by atoms with E-state index in [0.717, 1.165) is 44.9 Å². The third-order valence-electron chi connectivity index (χ3n) is 12.7. The smallest absolute Gasteiger partial charge is 0.0894 e. The first-order valence-electron chi connectivity index (χ1n) is 21.9. The highest BCUT2D eigenvalue weighted by atomic mass is 14.8. The van der Waals surface area contributed by atoms with Crippen LogP contribution in [0, 0.1) is 0 Å².